The summed E-state index contributed by atoms with van der Waals surface area (Å²) in [6.07, 6.45) is 0. The number of morpholine rings is 1. The Morgan fingerprint density at radius 3 is 2.55 bits per heavy atom. The molecule has 164 valence electrons. The number of benzene rings is 2. The molecule has 3 aromatic rings. The van der Waals surface area contributed by atoms with Crippen molar-refractivity contribution in [2.45, 2.75) is 11.8 Å². The number of nitrogens with zero attached hydrogens (tertiary/aromatic N) is 3. The van der Waals surface area contributed by atoms with E-state index < -0.39 is 15.9 Å². The Balaban J connectivity index is 1.60. The number of carbonyl (C=O) groups is 1. The fraction of sp³-hybridized carbons (Fsp3) is 0.333. The average Bonchev–Trinajstić information content (AvgIpc) is 3.09. The molecule has 4 rings (SSSR count). The number of hydrogen-bond donors (Lipinski definition) is 0. The van der Waals surface area contributed by atoms with Crippen molar-refractivity contribution in [3.8, 4) is 5.75 Å². The molecule has 0 radical (unpaired) electrons. The topological polar surface area (TPSA) is 90.2 Å². The molecule has 8 nitrogen and oxygen atoms in total. The first kappa shape index (κ1) is 21.7. The lowest BCUT2D eigenvalue weighted by Crippen LogP contribution is -2.40. The Morgan fingerprint density at radius 2 is 1.87 bits per heavy atom. The summed E-state index contributed by atoms with van der Waals surface area (Å²) in [6.45, 7) is 3.92. The number of fused-ring (bicyclic) bond motifs is 1. The maximum absolute atomic E-state index is 12.7. The van der Waals surface area contributed by atoms with E-state index in [-0.39, 0.29) is 4.90 Å². The highest BCUT2D eigenvalue weighted by Crippen LogP contribution is 2.23. The van der Waals surface area contributed by atoms with Crippen LogP contribution in [0.15, 0.2) is 52.4 Å². The smallest absolute Gasteiger partial charge is 0.279 e. The SMILES string of the molecule is CCOc1ccc2c(c1)sc(=NC(=O)c1ccc(S(=O)(=O)N3CCOCC3)cc1)n2C. The molecule has 0 atom stereocenters. The van der Waals surface area contributed by atoms with Crippen molar-refractivity contribution < 1.29 is 22.7 Å². The Labute approximate surface area is 184 Å². The Morgan fingerprint density at radius 1 is 1.16 bits per heavy atom. The van der Waals surface area contributed by atoms with E-state index in [4.69, 9.17) is 9.47 Å². The third-order valence-electron chi connectivity index (χ3n) is 5.00. The standard InChI is InChI=1S/C21H23N3O5S2/c1-3-29-16-6-9-18-19(14-16)30-21(23(18)2)22-20(25)15-4-7-17(8-5-15)31(26,27)24-10-12-28-13-11-24/h4-9,14H,3,10-13H2,1-2H3. The van der Waals surface area contributed by atoms with Crippen LogP contribution >= 0.6 is 11.3 Å². The van der Waals surface area contributed by atoms with Crippen molar-refractivity contribution >= 4 is 37.5 Å². The lowest BCUT2D eigenvalue weighted by atomic mass is 10.2. The molecular formula is C21H23N3O5S2. The minimum absolute atomic E-state index is 0.154. The van der Waals surface area contributed by atoms with Gasteiger partial charge < -0.3 is 14.0 Å². The summed E-state index contributed by atoms with van der Waals surface area (Å²) in [5, 5.41) is 0. The second-order valence-corrected chi connectivity index (χ2v) is 9.91. The van der Waals surface area contributed by atoms with Gasteiger partial charge in [-0.15, -0.1) is 0 Å². The zero-order valence-corrected chi connectivity index (χ0v) is 18.9. The van der Waals surface area contributed by atoms with Gasteiger partial charge in [-0.25, -0.2) is 8.42 Å². The largest absolute Gasteiger partial charge is 0.494 e. The normalized spacial score (nSPS) is 16.0. The van der Waals surface area contributed by atoms with Gasteiger partial charge in [0.25, 0.3) is 5.91 Å². The summed E-state index contributed by atoms with van der Waals surface area (Å²) in [6, 6.07) is 11.7. The molecule has 2 heterocycles. The fourth-order valence-electron chi connectivity index (χ4n) is 3.33. The minimum atomic E-state index is -3.60. The van der Waals surface area contributed by atoms with Crippen LogP contribution in [0, 0.1) is 0 Å². The maximum Gasteiger partial charge on any atom is 0.279 e. The Bertz CT molecular complexity index is 1270. The quantitative estimate of drug-likeness (QED) is 0.582. The molecule has 1 aliphatic rings. The monoisotopic (exact) mass is 461 g/mol. The first-order chi connectivity index (χ1) is 14.9. The second kappa shape index (κ2) is 8.91. The fourth-order valence-corrected chi connectivity index (χ4v) is 5.79. The molecule has 2 aromatic carbocycles. The number of amides is 1. The number of hydrogen-bond acceptors (Lipinski definition) is 6. The van der Waals surface area contributed by atoms with Gasteiger partial charge in [-0.05, 0) is 49.4 Å². The van der Waals surface area contributed by atoms with Crippen molar-refractivity contribution in [3.63, 3.8) is 0 Å². The molecule has 0 unspecified atom stereocenters. The van der Waals surface area contributed by atoms with Gasteiger partial charge in [0, 0.05) is 25.7 Å². The predicted octanol–water partition coefficient (Wildman–Crippen LogP) is 2.40. The average molecular weight is 462 g/mol. The van der Waals surface area contributed by atoms with Crippen LogP contribution in [0.5, 0.6) is 5.75 Å². The van der Waals surface area contributed by atoms with Gasteiger partial charge in [-0.2, -0.15) is 9.30 Å². The van der Waals surface area contributed by atoms with Crippen LogP contribution in [-0.2, 0) is 21.8 Å². The van der Waals surface area contributed by atoms with Crippen LogP contribution in [0.2, 0.25) is 0 Å². The lowest BCUT2D eigenvalue weighted by Gasteiger charge is -2.26. The van der Waals surface area contributed by atoms with E-state index in [1.165, 1.54) is 39.9 Å². The predicted molar refractivity (Wildman–Crippen MR) is 118 cm³/mol. The van der Waals surface area contributed by atoms with Gasteiger partial charge in [-0.3, -0.25) is 4.79 Å². The molecule has 1 fully saturated rings. The van der Waals surface area contributed by atoms with E-state index in [2.05, 4.69) is 4.99 Å². The number of carbonyl (C=O) groups excluding carboxylic acids is 1. The third kappa shape index (κ3) is 4.42. The van der Waals surface area contributed by atoms with Crippen LogP contribution in [0.25, 0.3) is 10.2 Å². The van der Waals surface area contributed by atoms with Crippen LogP contribution in [0.3, 0.4) is 0 Å². The van der Waals surface area contributed by atoms with Crippen LogP contribution < -0.4 is 9.54 Å². The number of ether oxygens (including phenoxy) is 2. The molecule has 0 saturated carbocycles. The molecule has 1 aliphatic heterocycles. The maximum atomic E-state index is 12.7. The summed E-state index contributed by atoms with van der Waals surface area (Å²) in [5.74, 6) is 0.342. The Hall–Kier alpha value is -2.53. The first-order valence-corrected chi connectivity index (χ1v) is 12.1. The Kier molecular flexibility index (Phi) is 6.24. The van der Waals surface area contributed by atoms with Gasteiger partial charge in [0.05, 0.1) is 34.9 Å². The number of aryl methyl sites for hydroxylation is 1. The van der Waals surface area contributed by atoms with Crippen LogP contribution in [-0.4, -0.2) is 56.1 Å². The van der Waals surface area contributed by atoms with Gasteiger partial charge in [0.15, 0.2) is 4.80 Å². The summed E-state index contributed by atoms with van der Waals surface area (Å²) >= 11 is 1.39. The van der Waals surface area contributed by atoms with E-state index in [0.717, 1.165) is 16.0 Å². The molecule has 1 saturated heterocycles. The molecule has 0 spiro atoms. The van der Waals surface area contributed by atoms with E-state index in [9.17, 15) is 13.2 Å². The first-order valence-electron chi connectivity index (χ1n) is 9.89. The van der Waals surface area contributed by atoms with Crippen molar-refractivity contribution in [3.05, 3.63) is 52.8 Å². The van der Waals surface area contributed by atoms with Gasteiger partial charge >= 0.3 is 0 Å². The highest BCUT2D eigenvalue weighted by molar-refractivity contribution is 7.89. The summed E-state index contributed by atoms with van der Waals surface area (Å²) < 4.78 is 40.4. The highest BCUT2D eigenvalue weighted by Gasteiger charge is 2.26. The lowest BCUT2D eigenvalue weighted by molar-refractivity contribution is 0.0730. The zero-order valence-electron chi connectivity index (χ0n) is 17.3. The van der Waals surface area contributed by atoms with E-state index in [0.29, 0.717) is 43.3 Å². The number of rotatable bonds is 5. The van der Waals surface area contributed by atoms with Gasteiger partial charge in [0.2, 0.25) is 10.0 Å². The number of sulfonamides is 1. The van der Waals surface area contributed by atoms with Crippen molar-refractivity contribution in [1.82, 2.24) is 8.87 Å². The summed E-state index contributed by atoms with van der Waals surface area (Å²) in [4.78, 5) is 17.7. The zero-order chi connectivity index (χ0) is 22.0. The molecule has 0 bridgehead atoms. The molecule has 1 aromatic heterocycles. The summed E-state index contributed by atoms with van der Waals surface area (Å²) in [7, 11) is -1.75. The molecule has 31 heavy (non-hydrogen) atoms. The number of thiazole rings is 1. The van der Waals surface area contributed by atoms with Crippen molar-refractivity contribution in [2.24, 2.45) is 12.0 Å². The van der Waals surface area contributed by atoms with E-state index >= 15 is 0 Å². The van der Waals surface area contributed by atoms with Gasteiger partial charge in [0.1, 0.15) is 5.75 Å². The van der Waals surface area contributed by atoms with Crippen molar-refractivity contribution in [2.75, 3.05) is 32.9 Å². The molecule has 1 amide bonds. The third-order valence-corrected chi connectivity index (χ3v) is 8.01. The molecule has 0 aliphatic carbocycles. The van der Waals surface area contributed by atoms with E-state index in [1.807, 2.05) is 36.7 Å². The minimum Gasteiger partial charge on any atom is -0.494 e. The highest BCUT2D eigenvalue weighted by atomic mass is 32.2. The molecule has 0 N–H and O–H groups in total. The van der Waals surface area contributed by atoms with E-state index in [1.54, 1.807) is 0 Å². The van der Waals surface area contributed by atoms with Gasteiger partial charge in [-0.1, -0.05) is 11.3 Å². The van der Waals surface area contributed by atoms with Crippen LogP contribution in [0.4, 0.5) is 0 Å². The van der Waals surface area contributed by atoms with Crippen LogP contribution in [0.1, 0.15) is 17.3 Å². The summed E-state index contributed by atoms with van der Waals surface area (Å²) in [5.41, 5.74) is 1.28. The molecule has 10 heteroatoms. The molecular weight excluding hydrogens is 438 g/mol. The second-order valence-electron chi connectivity index (χ2n) is 6.96. The number of aromatic nitrogens is 1. The van der Waals surface area contributed by atoms with Crippen molar-refractivity contribution in [1.29, 1.82) is 0 Å².